The highest BCUT2D eigenvalue weighted by Crippen LogP contribution is 2.21. The zero-order valence-corrected chi connectivity index (χ0v) is 11.4. The van der Waals surface area contributed by atoms with Gasteiger partial charge < -0.3 is 15.5 Å². The van der Waals surface area contributed by atoms with E-state index in [1.165, 1.54) is 18.2 Å². The van der Waals surface area contributed by atoms with Gasteiger partial charge in [0.25, 0.3) is 11.6 Å². The summed E-state index contributed by atoms with van der Waals surface area (Å²) in [5.74, 6) is 4.84. The summed E-state index contributed by atoms with van der Waals surface area (Å²) in [7, 11) is 0. The van der Waals surface area contributed by atoms with Crippen molar-refractivity contribution in [3.8, 4) is 0 Å². The number of nitrogens with one attached hydrogen (secondary N) is 2. The Kier molecular flexibility index (Phi) is 5.88. The van der Waals surface area contributed by atoms with Crippen molar-refractivity contribution >= 4 is 17.3 Å². The first-order chi connectivity index (χ1) is 9.49. The SMILES string of the molecule is CCOC(C)CNC(=O)c1cc([N+](=O)[O-])ccc1NN. The Morgan fingerprint density at radius 2 is 2.25 bits per heavy atom. The number of nitro benzene ring substituents is 1. The monoisotopic (exact) mass is 282 g/mol. The highest BCUT2D eigenvalue weighted by molar-refractivity contribution is 6.00. The van der Waals surface area contributed by atoms with Gasteiger partial charge in [0.1, 0.15) is 0 Å². The van der Waals surface area contributed by atoms with Crippen LogP contribution in [0.4, 0.5) is 11.4 Å². The molecule has 8 heteroatoms. The van der Waals surface area contributed by atoms with E-state index in [4.69, 9.17) is 10.6 Å². The number of anilines is 1. The standard InChI is InChI=1S/C12H18N4O4/c1-3-20-8(2)7-14-12(17)10-6-9(16(18)19)4-5-11(10)15-13/h4-6,8,15H,3,7,13H2,1-2H3,(H,14,17). The van der Waals surface area contributed by atoms with Gasteiger partial charge in [-0.25, -0.2) is 0 Å². The second kappa shape index (κ2) is 7.41. The largest absolute Gasteiger partial charge is 0.377 e. The average Bonchev–Trinajstić information content (AvgIpc) is 2.44. The fraction of sp³-hybridized carbons (Fsp3) is 0.417. The molecule has 110 valence electrons. The van der Waals surface area contributed by atoms with Crippen molar-refractivity contribution in [2.75, 3.05) is 18.6 Å². The van der Waals surface area contributed by atoms with Gasteiger partial charge in [-0.15, -0.1) is 0 Å². The van der Waals surface area contributed by atoms with Crippen LogP contribution < -0.4 is 16.6 Å². The quantitative estimate of drug-likeness (QED) is 0.390. The fourth-order valence-corrected chi connectivity index (χ4v) is 1.63. The Balaban J connectivity index is 2.84. The summed E-state index contributed by atoms with van der Waals surface area (Å²) < 4.78 is 5.28. The molecule has 0 radical (unpaired) electrons. The Morgan fingerprint density at radius 1 is 1.55 bits per heavy atom. The Labute approximate surface area is 116 Å². The van der Waals surface area contributed by atoms with Gasteiger partial charge in [-0.05, 0) is 19.9 Å². The van der Waals surface area contributed by atoms with E-state index in [1.807, 2.05) is 13.8 Å². The molecule has 0 saturated carbocycles. The smallest absolute Gasteiger partial charge is 0.270 e. The maximum absolute atomic E-state index is 12.0. The van der Waals surface area contributed by atoms with Crippen molar-refractivity contribution < 1.29 is 14.5 Å². The molecule has 1 aromatic rings. The molecule has 0 fully saturated rings. The molecule has 1 aromatic carbocycles. The van der Waals surface area contributed by atoms with Crippen LogP contribution in [0, 0.1) is 10.1 Å². The zero-order valence-electron chi connectivity index (χ0n) is 11.4. The molecule has 0 bridgehead atoms. The van der Waals surface area contributed by atoms with Crippen LogP contribution in [-0.4, -0.2) is 30.1 Å². The Morgan fingerprint density at radius 3 is 2.80 bits per heavy atom. The van der Waals surface area contributed by atoms with Gasteiger partial charge in [-0.1, -0.05) is 0 Å². The molecule has 0 aliphatic rings. The number of rotatable bonds is 7. The van der Waals surface area contributed by atoms with Crippen LogP contribution in [0.1, 0.15) is 24.2 Å². The van der Waals surface area contributed by atoms with Gasteiger partial charge in [0.05, 0.1) is 22.3 Å². The number of nitrogens with two attached hydrogens (primary N) is 1. The second-order valence-electron chi connectivity index (χ2n) is 4.11. The molecule has 0 heterocycles. The van der Waals surface area contributed by atoms with Crippen molar-refractivity contribution in [3.05, 3.63) is 33.9 Å². The van der Waals surface area contributed by atoms with Gasteiger partial charge >= 0.3 is 0 Å². The molecule has 1 atom stereocenters. The van der Waals surface area contributed by atoms with Crippen LogP contribution in [0.15, 0.2) is 18.2 Å². The fourth-order valence-electron chi connectivity index (χ4n) is 1.63. The van der Waals surface area contributed by atoms with Crippen molar-refractivity contribution in [1.29, 1.82) is 0 Å². The molecule has 0 aliphatic carbocycles. The Hall–Kier alpha value is -2.19. The number of nitrogens with zero attached hydrogens (tertiary/aromatic N) is 1. The summed E-state index contributed by atoms with van der Waals surface area (Å²) in [6.45, 7) is 4.53. The van der Waals surface area contributed by atoms with Gasteiger partial charge in [0.15, 0.2) is 0 Å². The molecule has 1 rings (SSSR count). The molecule has 0 aromatic heterocycles. The number of hydrogen-bond acceptors (Lipinski definition) is 6. The lowest BCUT2D eigenvalue weighted by Gasteiger charge is -2.14. The van der Waals surface area contributed by atoms with Gasteiger partial charge in [-0.2, -0.15) is 0 Å². The van der Waals surface area contributed by atoms with E-state index in [2.05, 4.69) is 10.7 Å². The highest BCUT2D eigenvalue weighted by atomic mass is 16.6. The minimum atomic E-state index is -0.570. The summed E-state index contributed by atoms with van der Waals surface area (Å²) in [4.78, 5) is 22.2. The average molecular weight is 282 g/mol. The number of ether oxygens (including phenoxy) is 1. The number of amides is 1. The maximum atomic E-state index is 12.0. The third-order valence-electron chi connectivity index (χ3n) is 2.62. The third-order valence-corrected chi connectivity index (χ3v) is 2.62. The normalized spacial score (nSPS) is 11.8. The number of non-ortho nitro benzene ring substituents is 1. The van der Waals surface area contributed by atoms with Crippen LogP contribution in [0.5, 0.6) is 0 Å². The molecule has 1 unspecified atom stereocenters. The number of benzene rings is 1. The summed E-state index contributed by atoms with van der Waals surface area (Å²) in [5.41, 5.74) is 2.60. The molecule has 0 saturated heterocycles. The van der Waals surface area contributed by atoms with Crippen molar-refractivity contribution in [3.63, 3.8) is 0 Å². The van der Waals surface area contributed by atoms with E-state index >= 15 is 0 Å². The lowest BCUT2D eigenvalue weighted by molar-refractivity contribution is -0.384. The van der Waals surface area contributed by atoms with Crippen LogP contribution in [-0.2, 0) is 4.74 Å². The predicted octanol–water partition coefficient (Wildman–Crippen LogP) is 1.04. The summed E-state index contributed by atoms with van der Waals surface area (Å²) in [6, 6.07) is 3.84. The van der Waals surface area contributed by atoms with Crippen molar-refractivity contribution in [2.24, 2.45) is 5.84 Å². The number of nitrogen functional groups attached to an aromatic ring is 1. The topological polar surface area (TPSA) is 120 Å². The maximum Gasteiger partial charge on any atom is 0.270 e. The number of carbonyl (C=O) groups excluding carboxylic acids is 1. The minimum absolute atomic E-state index is 0.116. The van der Waals surface area contributed by atoms with Crippen LogP contribution in [0.2, 0.25) is 0 Å². The summed E-state index contributed by atoms with van der Waals surface area (Å²) in [5, 5.41) is 13.4. The second-order valence-corrected chi connectivity index (χ2v) is 4.11. The van der Waals surface area contributed by atoms with Gasteiger partial charge in [0.2, 0.25) is 0 Å². The zero-order chi connectivity index (χ0) is 15.1. The first-order valence-electron chi connectivity index (χ1n) is 6.14. The molecular weight excluding hydrogens is 264 g/mol. The number of carbonyl (C=O) groups is 1. The number of hydrogen-bond donors (Lipinski definition) is 3. The molecule has 0 aliphatic heterocycles. The summed E-state index contributed by atoms with van der Waals surface area (Å²) >= 11 is 0. The highest BCUT2D eigenvalue weighted by Gasteiger charge is 2.16. The molecule has 20 heavy (non-hydrogen) atoms. The molecule has 8 nitrogen and oxygen atoms in total. The van der Waals surface area contributed by atoms with Crippen molar-refractivity contribution in [2.45, 2.75) is 20.0 Å². The van der Waals surface area contributed by atoms with Crippen LogP contribution in [0.25, 0.3) is 0 Å². The van der Waals surface area contributed by atoms with Crippen LogP contribution >= 0.6 is 0 Å². The predicted molar refractivity (Wildman–Crippen MR) is 74.3 cm³/mol. The van der Waals surface area contributed by atoms with E-state index < -0.39 is 10.8 Å². The molecule has 0 spiro atoms. The summed E-state index contributed by atoms with van der Waals surface area (Å²) in [6.07, 6.45) is -0.142. The number of nitro groups is 1. The number of hydrazine groups is 1. The molecular formula is C12H18N4O4. The van der Waals surface area contributed by atoms with E-state index in [0.29, 0.717) is 18.8 Å². The van der Waals surface area contributed by atoms with E-state index in [0.717, 1.165) is 0 Å². The third kappa shape index (κ3) is 4.18. The van der Waals surface area contributed by atoms with Crippen LogP contribution in [0.3, 0.4) is 0 Å². The van der Waals surface area contributed by atoms with E-state index in [9.17, 15) is 14.9 Å². The lowest BCUT2D eigenvalue weighted by Crippen LogP contribution is -2.32. The lowest BCUT2D eigenvalue weighted by atomic mass is 10.1. The van der Waals surface area contributed by atoms with Gasteiger partial charge in [-0.3, -0.25) is 20.8 Å². The molecule has 1 amide bonds. The van der Waals surface area contributed by atoms with E-state index in [-0.39, 0.29) is 17.4 Å². The van der Waals surface area contributed by atoms with Crippen molar-refractivity contribution in [1.82, 2.24) is 5.32 Å². The first-order valence-corrected chi connectivity index (χ1v) is 6.14. The minimum Gasteiger partial charge on any atom is -0.377 e. The first kappa shape index (κ1) is 15.9. The van der Waals surface area contributed by atoms with Gasteiger partial charge in [0, 0.05) is 25.3 Å². The molecule has 4 N–H and O–H groups in total. The Bertz CT molecular complexity index is 492. The van der Waals surface area contributed by atoms with E-state index in [1.54, 1.807) is 0 Å².